The van der Waals surface area contributed by atoms with Gasteiger partial charge in [0.1, 0.15) is 23.7 Å². The molecule has 3 aromatic heterocycles. The van der Waals surface area contributed by atoms with Gasteiger partial charge in [-0.25, -0.2) is 19.7 Å². The summed E-state index contributed by atoms with van der Waals surface area (Å²) in [7, 11) is 1.60. The normalized spacial score (nSPS) is 17.5. The molecule has 4 atom stereocenters. The smallest absolute Gasteiger partial charge is 0.391 e. The Balaban J connectivity index is 0.698. The molecule has 0 radical (unpaired) electrons. The zero-order valence-electron chi connectivity index (χ0n) is 47.6. The van der Waals surface area contributed by atoms with Crippen LogP contribution in [0.4, 0.5) is 52.6 Å². The predicted octanol–water partition coefficient (Wildman–Crippen LogP) is 9.26. The quantitative estimate of drug-likeness (QED) is 0.0507. The third-order valence-corrected chi connectivity index (χ3v) is 16.3. The van der Waals surface area contributed by atoms with Crippen molar-refractivity contribution in [1.29, 1.82) is 0 Å². The molecule has 3 aliphatic rings. The predicted molar refractivity (Wildman–Crippen MR) is 314 cm³/mol. The minimum atomic E-state index is -4.60. The molecule has 5 N–H and O–H groups in total. The molecule has 6 amide bonds. The van der Waals surface area contributed by atoms with Crippen LogP contribution in [-0.4, -0.2) is 129 Å². The zero-order chi connectivity index (χ0) is 59.3. The highest BCUT2D eigenvalue weighted by molar-refractivity contribution is 7.13. The summed E-state index contributed by atoms with van der Waals surface area (Å²) in [5, 5.41) is 22.6. The van der Waals surface area contributed by atoms with Crippen molar-refractivity contribution in [3.63, 3.8) is 0 Å². The van der Waals surface area contributed by atoms with Crippen molar-refractivity contribution in [3.05, 3.63) is 130 Å². The van der Waals surface area contributed by atoms with Gasteiger partial charge in [-0.05, 0) is 105 Å². The lowest BCUT2D eigenvalue weighted by Gasteiger charge is -2.35. The molecule has 438 valence electrons. The van der Waals surface area contributed by atoms with Gasteiger partial charge < -0.3 is 36.2 Å². The van der Waals surface area contributed by atoms with Gasteiger partial charge in [-0.2, -0.15) is 18.2 Å². The van der Waals surface area contributed by atoms with Crippen LogP contribution in [0, 0.1) is 19.3 Å². The Bertz CT molecular complexity index is 3330. The first-order valence-electron chi connectivity index (χ1n) is 27.8. The van der Waals surface area contributed by atoms with Gasteiger partial charge >= 0.3 is 12.2 Å². The molecule has 9 rings (SSSR count). The number of aliphatic hydroxyl groups is 1. The number of thiazole rings is 1. The number of likely N-dealkylation sites (tertiary alicyclic amines) is 1. The number of β-amino-alcohol motifs (C(OH)–C–C–N with tert-alkyl or cyclic N) is 1. The highest BCUT2D eigenvalue weighted by Crippen LogP contribution is 2.36. The van der Waals surface area contributed by atoms with Crippen LogP contribution < -0.4 is 36.0 Å². The number of carbonyl (C=O) groups excluding carboxylic acids is 5. The largest absolute Gasteiger partial charge is 0.416 e. The number of nitrogens with zero attached hydrogens (tertiary/aromatic N) is 9. The minimum Gasteiger partial charge on any atom is -0.391 e. The molecule has 23 heteroatoms. The number of carbonyl (C=O) groups is 5. The molecule has 0 aliphatic carbocycles. The van der Waals surface area contributed by atoms with E-state index in [1.807, 2.05) is 83.5 Å². The van der Waals surface area contributed by atoms with Crippen LogP contribution >= 0.6 is 11.3 Å². The van der Waals surface area contributed by atoms with Crippen molar-refractivity contribution in [2.45, 2.75) is 111 Å². The Morgan fingerprint density at radius 2 is 1.60 bits per heavy atom. The Hall–Kier alpha value is -8.02. The number of pyridine rings is 1. The average molecular weight is 1160 g/mol. The van der Waals surface area contributed by atoms with Gasteiger partial charge in [0.15, 0.2) is 0 Å². The molecule has 2 fully saturated rings. The van der Waals surface area contributed by atoms with Gasteiger partial charge in [0.2, 0.25) is 23.7 Å². The van der Waals surface area contributed by atoms with E-state index < -0.39 is 41.2 Å². The number of aromatic nitrogens is 4. The highest BCUT2D eigenvalue weighted by atomic mass is 32.1. The summed E-state index contributed by atoms with van der Waals surface area (Å²) in [6, 6.07) is 18.4. The third kappa shape index (κ3) is 14.3. The van der Waals surface area contributed by atoms with Crippen LogP contribution in [-0.2, 0) is 27.1 Å². The molecule has 0 spiro atoms. The number of anilines is 6. The Labute approximate surface area is 484 Å². The van der Waals surface area contributed by atoms with Gasteiger partial charge in [-0.1, -0.05) is 63.6 Å². The van der Waals surface area contributed by atoms with Gasteiger partial charge in [0.25, 0.3) is 5.91 Å². The number of unbranched alkanes of at least 4 members (excludes halogenated alkanes) is 2. The molecule has 0 saturated carbocycles. The number of aliphatic hydroxyl groups excluding tert-OH is 1. The first-order valence-corrected chi connectivity index (χ1v) is 28.7. The lowest BCUT2D eigenvalue weighted by molar-refractivity contribution is -0.144. The molecule has 3 aliphatic heterocycles. The molecule has 0 bridgehead atoms. The first kappa shape index (κ1) is 59.6. The van der Waals surface area contributed by atoms with Crippen molar-refractivity contribution in [2.75, 3.05) is 71.6 Å². The fourth-order valence-electron chi connectivity index (χ4n) is 10.6. The summed E-state index contributed by atoms with van der Waals surface area (Å²) in [5.41, 5.74) is 5.81. The number of fused-ring (bicyclic) bond motifs is 1. The number of urea groups is 1. The Kier molecular flexibility index (Phi) is 18.1. The summed E-state index contributed by atoms with van der Waals surface area (Å²) in [6.45, 7) is 15.6. The van der Waals surface area contributed by atoms with Crippen LogP contribution in [0.2, 0.25) is 0 Å². The topological polar surface area (TPSA) is 221 Å². The van der Waals surface area contributed by atoms with E-state index in [4.69, 9.17) is 4.98 Å². The maximum Gasteiger partial charge on any atom is 0.416 e. The van der Waals surface area contributed by atoms with E-state index >= 15 is 0 Å². The number of piperazine rings is 1. The summed E-state index contributed by atoms with van der Waals surface area (Å²) in [5.74, 6) is -0.197. The van der Waals surface area contributed by atoms with Gasteiger partial charge in [-0.15, -0.1) is 11.3 Å². The van der Waals surface area contributed by atoms with Crippen molar-refractivity contribution in [1.82, 2.24) is 40.4 Å². The van der Waals surface area contributed by atoms with E-state index in [0.717, 1.165) is 90.8 Å². The highest BCUT2D eigenvalue weighted by Gasteiger charge is 2.45. The van der Waals surface area contributed by atoms with E-state index in [1.165, 1.54) is 26.8 Å². The van der Waals surface area contributed by atoms with Crippen molar-refractivity contribution in [2.24, 2.45) is 5.41 Å². The Morgan fingerprint density at radius 1 is 0.855 bits per heavy atom. The number of amides is 6. The number of alkyl halides is 3. The molecule has 19 nitrogen and oxygen atoms in total. The maximum atomic E-state index is 14.2. The molecule has 0 unspecified atom stereocenters. The standard InChI is InChI=1S/C60H70F3N13O6S/c1-36-15-20-44(68-54(79)41-12-11-13-43(28-41)60(61,62)63)29-47(36)76-33-42-31-65-57(71-53(42)72(7)58(76)82)69-45-21-22-49(64-32-45)74-26-24-73(25-27-74)23-10-8-9-14-50(78)70-52(59(4,5)6)56(81)75-34-46(77)30-48(75)55(80)67-37(2)39-16-18-40(19-17-39)51-38(3)66-35-83-51/h11-13,15-22,28-29,31-32,35,37,46,48,52,77H,8-10,14,23-27,30,33-34H2,1-7H3,(H,67,80)(H,68,79)(H,70,78)(H,65,69,71)/t37-,46+,48-,52+/m0/s1. The van der Waals surface area contributed by atoms with E-state index in [0.29, 0.717) is 34.9 Å². The summed E-state index contributed by atoms with van der Waals surface area (Å²) >= 11 is 1.57. The van der Waals surface area contributed by atoms with Crippen LogP contribution in [0.5, 0.6) is 0 Å². The molecule has 3 aromatic carbocycles. The van der Waals surface area contributed by atoms with Gasteiger partial charge in [-0.3, -0.25) is 33.9 Å². The molecule has 83 heavy (non-hydrogen) atoms. The fourth-order valence-corrected chi connectivity index (χ4v) is 11.4. The number of nitrogens with one attached hydrogen (secondary N) is 4. The lowest BCUT2D eigenvalue weighted by Crippen LogP contribution is -2.57. The average Bonchev–Trinajstić information content (AvgIpc) is 3.85. The first-order chi connectivity index (χ1) is 39.5. The lowest BCUT2D eigenvalue weighted by atomic mass is 9.85. The number of hydrogen-bond acceptors (Lipinski definition) is 14. The zero-order valence-corrected chi connectivity index (χ0v) is 48.4. The third-order valence-electron chi connectivity index (χ3n) is 15.4. The monoisotopic (exact) mass is 1160 g/mol. The van der Waals surface area contributed by atoms with Crippen LogP contribution in [0.25, 0.3) is 10.4 Å². The summed E-state index contributed by atoms with van der Waals surface area (Å²) < 4.78 is 39.9. The van der Waals surface area contributed by atoms with Crippen molar-refractivity contribution in [3.8, 4) is 10.4 Å². The van der Waals surface area contributed by atoms with Gasteiger partial charge in [0, 0.05) is 75.6 Å². The van der Waals surface area contributed by atoms with E-state index in [2.05, 4.69) is 46.0 Å². The summed E-state index contributed by atoms with van der Waals surface area (Å²) in [4.78, 5) is 96.5. The molecular weight excluding hydrogens is 1090 g/mol. The SMILES string of the molecule is Cc1ccc(NC(=O)c2cccc(C(F)(F)F)c2)cc1N1Cc2cnc(Nc3ccc(N4CCN(CCCCCC(=O)N[C@H](C(=O)N5C[C@H](O)C[C@H]5C(=O)N[C@@H](C)c5ccc(-c6scnc6C)cc5)C(C)(C)C)CC4)nc3)nc2N(C)C1=O. The minimum absolute atomic E-state index is 0.00128. The van der Waals surface area contributed by atoms with Crippen LogP contribution in [0.3, 0.4) is 0 Å². The maximum absolute atomic E-state index is 14.2. The number of benzene rings is 3. The second-order valence-corrected chi connectivity index (χ2v) is 23.4. The van der Waals surface area contributed by atoms with E-state index in [1.54, 1.807) is 49.0 Å². The molecular formula is C60H70F3N13O6S. The number of halogens is 3. The molecule has 2 saturated heterocycles. The van der Waals surface area contributed by atoms with Crippen LogP contribution in [0.1, 0.15) is 104 Å². The van der Waals surface area contributed by atoms with E-state index in [9.17, 15) is 42.3 Å². The van der Waals surface area contributed by atoms with Crippen LogP contribution in [0.15, 0.2) is 96.8 Å². The summed E-state index contributed by atoms with van der Waals surface area (Å²) in [6.07, 6.45) is 0.626. The second-order valence-electron chi connectivity index (χ2n) is 22.6. The number of aryl methyl sites for hydroxylation is 2. The second kappa shape index (κ2) is 25.2. The fraction of sp³-hybridized carbons (Fsp3) is 0.417. The molecule has 6 aromatic rings. The Morgan fingerprint density at radius 3 is 2.29 bits per heavy atom. The number of hydrogen-bond donors (Lipinski definition) is 5. The molecule has 6 heterocycles. The van der Waals surface area contributed by atoms with Crippen molar-refractivity contribution < 1.29 is 42.3 Å². The van der Waals surface area contributed by atoms with E-state index in [-0.39, 0.29) is 67.2 Å². The number of rotatable bonds is 18. The van der Waals surface area contributed by atoms with Gasteiger partial charge in [0.05, 0.1) is 57.9 Å². The van der Waals surface area contributed by atoms with Crippen molar-refractivity contribution >= 4 is 75.6 Å².